The van der Waals surface area contributed by atoms with Gasteiger partial charge in [-0.25, -0.2) is 14.6 Å². The van der Waals surface area contributed by atoms with E-state index in [1.54, 1.807) is 10.7 Å². The SMILES string of the molecule is Fc1ncnc2c1c(-c1cc(Oc3ccccc3)no1)nn2C1CCCC1. The van der Waals surface area contributed by atoms with Gasteiger partial charge in [-0.1, -0.05) is 31.0 Å². The third-order valence-electron chi connectivity index (χ3n) is 4.80. The number of hydrogen-bond acceptors (Lipinski definition) is 6. The second-order valence-electron chi connectivity index (χ2n) is 6.54. The van der Waals surface area contributed by atoms with Gasteiger partial charge in [0, 0.05) is 0 Å². The molecule has 0 atom stereocenters. The Bertz CT molecular complexity index is 1090. The molecular weight excluding hydrogens is 349 g/mol. The predicted molar refractivity (Wildman–Crippen MR) is 94.8 cm³/mol. The molecule has 1 fully saturated rings. The zero-order valence-electron chi connectivity index (χ0n) is 14.4. The number of para-hydroxylation sites is 1. The van der Waals surface area contributed by atoms with Gasteiger partial charge in [-0.3, -0.25) is 0 Å². The molecule has 8 heteroatoms. The van der Waals surface area contributed by atoms with Crippen molar-refractivity contribution in [2.45, 2.75) is 31.7 Å². The van der Waals surface area contributed by atoms with Crippen molar-refractivity contribution >= 4 is 11.0 Å². The average Bonchev–Trinajstić information content (AvgIpc) is 3.42. The minimum absolute atomic E-state index is 0.207. The van der Waals surface area contributed by atoms with E-state index in [4.69, 9.17) is 9.26 Å². The third kappa shape index (κ3) is 2.83. The number of benzene rings is 1. The molecule has 0 radical (unpaired) electrons. The minimum Gasteiger partial charge on any atom is -0.436 e. The second-order valence-corrected chi connectivity index (χ2v) is 6.54. The second kappa shape index (κ2) is 6.46. The van der Waals surface area contributed by atoms with Crippen LogP contribution in [0.5, 0.6) is 11.6 Å². The van der Waals surface area contributed by atoms with Gasteiger partial charge in [0.15, 0.2) is 11.4 Å². The van der Waals surface area contributed by atoms with E-state index in [2.05, 4.69) is 20.2 Å². The van der Waals surface area contributed by atoms with Gasteiger partial charge in [0.2, 0.25) is 5.95 Å². The van der Waals surface area contributed by atoms with Crippen molar-refractivity contribution in [3.63, 3.8) is 0 Å². The Hall–Kier alpha value is -3.29. The van der Waals surface area contributed by atoms with E-state index in [0.29, 0.717) is 22.9 Å². The van der Waals surface area contributed by atoms with Crippen LogP contribution in [0.1, 0.15) is 31.7 Å². The number of fused-ring (bicyclic) bond motifs is 1. The Kier molecular flexibility index (Phi) is 3.81. The van der Waals surface area contributed by atoms with Crippen LogP contribution < -0.4 is 4.74 Å². The summed E-state index contributed by atoms with van der Waals surface area (Å²) in [7, 11) is 0. The largest absolute Gasteiger partial charge is 0.436 e. The summed E-state index contributed by atoms with van der Waals surface area (Å²) in [4.78, 5) is 7.95. The number of ether oxygens (including phenoxy) is 1. The van der Waals surface area contributed by atoms with Crippen molar-refractivity contribution in [1.29, 1.82) is 0 Å². The molecule has 0 bridgehead atoms. The first-order valence-corrected chi connectivity index (χ1v) is 8.88. The Labute approximate surface area is 153 Å². The number of aromatic nitrogens is 5. The van der Waals surface area contributed by atoms with Crippen molar-refractivity contribution in [2.24, 2.45) is 0 Å². The minimum atomic E-state index is -0.624. The molecule has 1 aromatic carbocycles. The summed E-state index contributed by atoms with van der Waals surface area (Å²) in [5.41, 5.74) is 0.816. The molecule has 3 aromatic heterocycles. The maximum absolute atomic E-state index is 14.5. The molecule has 0 aliphatic heterocycles. The topological polar surface area (TPSA) is 78.9 Å². The highest BCUT2D eigenvalue weighted by atomic mass is 19.1. The van der Waals surface area contributed by atoms with E-state index in [-0.39, 0.29) is 17.3 Å². The molecule has 0 unspecified atom stereocenters. The summed E-state index contributed by atoms with van der Waals surface area (Å²) in [6, 6.07) is 11.0. The molecular formula is C19H16FN5O2. The molecule has 3 heterocycles. The Morgan fingerprint density at radius 2 is 1.93 bits per heavy atom. The van der Waals surface area contributed by atoms with Crippen LogP contribution in [0, 0.1) is 5.95 Å². The molecule has 27 heavy (non-hydrogen) atoms. The van der Waals surface area contributed by atoms with Crippen molar-refractivity contribution < 1.29 is 13.7 Å². The molecule has 4 aromatic rings. The molecule has 1 aliphatic rings. The van der Waals surface area contributed by atoms with Crippen LogP contribution in [0.4, 0.5) is 4.39 Å². The monoisotopic (exact) mass is 365 g/mol. The number of hydrogen-bond donors (Lipinski definition) is 0. The highest BCUT2D eigenvalue weighted by Gasteiger charge is 2.27. The highest BCUT2D eigenvalue weighted by Crippen LogP contribution is 2.36. The van der Waals surface area contributed by atoms with Gasteiger partial charge >= 0.3 is 0 Å². The van der Waals surface area contributed by atoms with E-state index >= 15 is 0 Å². The van der Waals surface area contributed by atoms with Crippen LogP contribution in [0.2, 0.25) is 0 Å². The maximum Gasteiger partial charge on any atom is 0.260 e. The van der Waals surface area contributed by atoms with Crippen LogP contribution in [-0.2, 0) is 0 Å². The highest BCUT2D eigenvalue weighted by molar-refractivity contribution is 5.89. The molecule has 7 nitrogen and oxygen atoms in total. The standard InChI is InChI=1S/C19H16FN5O2/c20-18-16-17(14-10-15(24-27-14)26-13-8-2-1-3-9-13)23-25(12-6-4-5-7-12)19(16)22-11-21-18/h1-3,8-12H,4-7H2. The summed E-state index contributed by atoms with van der Waals surface area (Å²) < 4.78 is 27.3. The molecule has 136 valence electrons. The lowest BCUT2D eigenvalue weighted by Crippen LogP contribution is -2.07. The van der Waals surface area contributed by atoms with Crippen LogP contribution in [0.15, 0.2) is 47.2 Å². The van der Waals surface area contributed by atoms with Crippen LogP contribution in [0.25, 0.3) is 22.5 Å². The first kappa shape index (κ1) is 15.9. The van der Waals surface area contributed by atoms with E-state index in [0.717, 1.165) is 25.7 Å². The van der Waals surface area contributed by atoms with E-state index in [1.807, 2.05) is 30.3 Å². The molecule has 0 spiro atoms. The van der Waals surface area contributed by atoms with Gasteiger partial charge in [0.25, 0.3) is 5.88 Å². The summed E-state index contributed by atoms with van der Waals surface area (Å²) >= 11 is 0. The molecule has 0 amide bonds. The number of rotatable bonds is 4. The molecule has 0 saturated heterocycles. The quantitative estimate of drug-likeness (QED) is 0.495. The summed E-state index contributed by atoms with van der Waals surface area (Å²) in [6.07, 6.45) is 5.48. The lowest BCUT2D eigenvalue weighted by atomic mass is 10.2. The van der Waals surface area contributed by atoms with E-state index in [1.165, 1.54) is 6.33 Å². The Morgan fingerprint density at radius 3 is 2.74 bits per heavy atom. The number of nitrogens with zero attached hydrogens (tertiary/aromatic N) is 5. The van der Waals surface area contributed by atoms with Gasteiger partial charge in [-0.15, -0.1) is 0 Å². The lowest BCUT2D eigenvalue weighted by Gasteiger charge is -2.09. The average molecular weight is 365 g/mol. The van der Waals surface area contributed by atoms with Gasteiger partial charge in [-0.2, -0.15) is 9.49 Å². The van der Waals surface area contributed by atoms with Crippen molar-refractivity contribution in [3.8, 4) is 23.1 Å². The first-order chi connectivity index (χ1) is 13.3. The lowest BCUT2D eigenvalue weighted by molar-refractivity contribution is 0.372. The summed E-state index contributed by atoms with van der Waals surface area (Å²) in [6.45, 7) is 0. The normalized spacial score (nSPS) is 14.9. The zero-order chi connectivity index (χ0) is 18.2. The van der Waals surface area contributed by atoms with Crippen molar-refractivity contribution in [3.05, 3.63) is 48.7 Å². The Morgan fingerprint density at radius 1 is 1.11 bits per heavy atom. The van der Waals surface area contributed by atoms with Gasteiger partial charge < -0.3 is 9.26 Å². The molecule has 5 rings (SSSR count). The zero-order valence-corrected chi connectivity index (χ0v) is 14.4. The first-order valence-electron chi connectivity index (χ1n) is 8.88. The summed E-state index contributed by atoms with van der Waals surface area (Å²) in [5.74, 6) is 0.600. The number of halogens is 1. The van der Waals surface area contributed by atoms with Crippen LogP contribution in [0.3, 0.4) is 0 Å². The van der Waals surface area contributed by atoms with Gasteiger partial charge in [0.05, 0.1) is 12.1 Å². The summed E-state index contributed by atoms with van der Waals surface area (Å²) in [5, 5.41) is 8.77. The van der Waals surface area contributed by atoms with Gasteiger partial charge in [0.1, 0.15) is 23.2 Å². The van der Waals surface area contributed by atoms with Crippen LogP contribution in [-0.4, -0.2) is 24.9 Å². The fraction of sp³-hybridized carbons (Fsp3) is 0.263. The van der Waals surface area contributed by atoms with Crippen molar-refractivity contribution in [1.82, 2.24) is 24.9 Å². The Balaban J connectivity index is 1.57. The smallest absolute Gasteiger partial charge is 0.260 e. The van der Waals surface area contributed by atoms with Crippen LogP contribution >= 0.6 is 0 Å². The van der Waals surface area contributed by atoms with Crippen molar-refractivity contribution in [2.75, 3.05) is 0 Å². The van der Waals surface area contributed by atoms with Gasteiger partial charge in [-0.05, 0) is 30.1 Å². The third-order valence-corrected chi connectivity index (χ3v) is 4.80. The predicted octanol–water partition coefficient (Wildman–Crippen LogP) is 4.53. The molecule has 0 N–H and O–H groups in total. The van der Waals surface area contributed by atoms with E-state index in [9.17, 15) is 4.39 Å². The fourth-order valence-electron chi connectivity index (χ4n) is 3.54. The van der Waals surface area contributed by atoms with E-state index < -0.39 is 5.95 Å². The molecule has 1 saturated carbocycles. The molecule has 1 aliphatic carbocycles. The maximum atomic E-state index is 14.5. The fourth-order valence-corrected chi connectivity index (χ4v) is 3.54.